The van der Waals surface area contributed by atoms with Gasteiger partial charge in [-0.1, -0.05) is 24.3 Å². The molecule has 0 spiro atoms. The smallest absolute Gasteiger partial charge is 0.266 e. The van der Waals surface area contributed by atoms with Crippen molar-refractivity contribution in [2.45, 2.75) is 0 Å². The van der Waals surface area contributed by atoms with E-state index in [4.69, 9.17) is 9.15 Å². The molecule has 1 aliphatic heterocycles. The van der Waals surface area contributed by atoms with Crippen molar-refractivity contribution in [1.82, 2.24) is 15.0 Å². The second kappa shape index (κ2) is 6.17. The number of hydrogen-bond donors (Lipinski definition) is 0. The number of fused-ring (bicyclic) bond motifs is 3. The van der Waals surface area contributed by atoms with Gasteiger partial charge in [-0.25, -0.2) is 9.97 Å². The van der Waals surface area contributed by atoms with E-state index in [1.165, 1.54) is 0 Å². The molecule has 0 aliphatic carbocycles. The standard InChI is InChI=1S/C23H14N4O2/c1-3-7-19-17(5-1)27(18-6-2-4-8-20(18)28-19)16-11-9-15(10-12-16)22-26-21-23(29-22)25-14-13-24-21/h1-14H. The largest absolute Gasteiger partial charge is 0.453 e. The van der Waals surface area contributed by atoms with E-state index in [1.807, 2.05) is 60.7 Å². The summed E-state index contributed by atoms with van der Waals surface area (Å²) in [6.07, 6.45) is 3.19. The zero-order valence-corrected chi connectivity index (χ0v) is 15.2. The lowest BCUT2D eigenvalue weighted by Crippen LogP contribution is -2.15. The van der Waals surface area contributed by atoms with Gasteiger partial charge in [0.25, 0.3) is 5.71 Å². The Labute approximate surface area is 166 Å². The molecule has 5 aromatic rings. The molecule has 3 heterocycles. The van der Waals surface area contributed by atoms with Crippen LogP contribution in [0.3, 0.4) is 0 Å². The SMILES string of the molecule is c1ccc2c(c1)Oc1ccccc1N2c1ccc(-c2nc3nccnc3o2)cc1. The third-order valence-corrected chi connectivity index (χ3v) is 4.85. The van der Waals surface area contributed by atoms with Crippen LogP contribution in [0.5, 0.6) is 11.5 Å². The molecule has 0 atom stereocenters. The van der Waals surface area contributed by atoms with Gasteiger partial charge in [-0.3, -0.25) is 0 Å². The van der Waals surface area contributed by atoms with Crippen LogP contribution in [0, 0.1) is 0 Å². The molecule has 0 fully saturated rings. The summed E-state index contributed by atoms with van der Waals surface area (Å²) in [6, 6.07) is 24.1. The minimum atomic E-state index is 0.433. The molecule has 0 saturated heterocycles. The van der Waals surface area contributed by atoms with Gasteiger partial charge < -0.3 is 14.1 Å². The maximum absolute atomic E-state index is 6.08. The fourth-order valence-electron chi connectivity index (χ4n) is 3.54. The highest BCUT2D eigenvalue weighted by Crippen LogP contribution is 2.50. The normalized spacial score (nSPS) is 12.3. The summed E-state index contributed by atoms with van der Waals surface area (Å²) in [6.45, 7) is 0. The van der Waals surface area contributed by atoms with Crippen molar-refractivity contribution in [2.75, 3.05) is 4.90 Å². The summed E-state index contributed by atoms with van der Waals surface area (Å²) >= 11 is 0. The van der Waals surface area contributed by atoms with E-state index in [2.05, 4.69) is 32.0 Å². The van der Waals surface area contributed by atoms with E-state index in [1.54, 1.807) is 12.4 Å². The molecule has 6 heteroatoms. The molecule has 0 bridgehead atoms. The number of benzene rings is 3. The Balaban J connectivity index is 1.44. The lowest BCUT2D eigenvalue weighted by Gasteiger charge is -2.32. The predicted molar refractivity (Wildman–Crippen MR) is 110 cm³/mol. The molecule has 29 heavy (non-hydrogen) atoms. The van der Waals surface area contributed by atoms with Crippen LogP contribution < -0.4 is 9.64 Å². The molecule has 0 amide bonds. The molecule has 1 aliphatic rings. The molecular weight excluding hydrogens is 364 g/mol. The van der Waals surface area contributed by atoms with Gasteiger partial charge in [0.1, 0.15) is 0 Å². The number of anilines is 3. The summed E-state index contributed by atoms with van der Waals surface area (Å²) in [4.78, 5) is 14.9. The van der Waals surface area contributed by atoms with E-state index < -0.39 is 0 Å². The number of nitrogens with zero attached hydrogens (tertiary/aromatic N) is 4. The molecule has 2 aromatic heterocycles. The Morgan fingerprint density at radius 3 is 2.03 bits per heavy atom. The molecular formula is C23H14N4O2. The van der Waals surface area contributed by atoms with Crippen molar-refractivity contribution in [1.29, 1.82) is 0 Å². The van der Waals surface area contributed by atoms with Gasteiger partial charge in [0.05, 0.1) is 11.4 Å². The highest BCUT2D eigenvalue weighted by Gasteiger charge is 2.25. The highest BCUT2D eigenvalue weighted by molar-refractivity contribution is 5.86. The zero-order valence-electron chi connectivity index (χ0n) is 15.2. The van der Waals surface area contributed by atoms with E-state index in [9.17, 15) is 0 Å². The van der Waals surface area contributed by atoms with E-state index in [-0.39, 0.29) is 0 Å². The number of oxazole rings is 1. The Kier molecular flexibility index (Phi) is 3.37. The third kappa shape index (κ3) is 2.54. The second-order valence-corrected chi connectivity index (χ2v) is 6.62. The van der Waals surface area contributed by atoms with Crippen LogP contribution in [-0.4, -0.2) is 15.0 Å². The van der Waals surface area contributed by atoms with E-state index >= 15 is 0 Å². The number of rotatable bonds is 2. The van der Waals surface area contributed by atoms with Gasteiger partial charge in [0.2, 0.25) is 11.5 Å². The third-order valence-electron chi connectivity index (χ3n) is 4.85. The van der Waals surface area contributed by atoms with Crippen LogP contribution in [0.2, 0.25) is 0 Å². The summed E-state index contributed by atoms with van der Waals surface area (Å²) < 4.78 is 11.8. The summed E-state index contributed by atoms with van der Waals surface area (Å²) in [5.41, 5.74) is 4.81. The van der Waals surface area contributed by atoms with Crippen molar-refractivity contribution in [3.8, 4) is 23.0 Å². The van der Waals surface area contributed by atoms with Crippen LogP contribution >= 0.6 is 0 Å². The minimum Gasteiger partial charge on any atom is -0.453 e. The first-order valence-electron chi connectivity index (χ1n) is 9.21. The molecule has 138 valence electrons. The number of para-hydroxylation sites is 4. The summed E-state index contributed by atoms with van der Waals surface area (Å²) in [5, 5.41) is 0. The lowest BCUT2D eigenvalue weighted by molar-refractivity contribution is 0.477. The van der Waals surface area contributed by atoms with Gasteiger partial charge in [-0.15, -0.1) is 0 Å². The average molecular weight is 378 g/mol. The van der Waals surface area contributed by atoms with Crippen LogP contribution in [0.4, 0.5) is 17.1 Å². The van der Waals surface area contributed by atoms with Crippen molar-refractivity contribution in [3.05, 3.63) is 85.2 Å². The Hall–Kier alpha value is -4.19. The summed E-state index contributed by atoms with van der Waals surface area (Å²) in [7, 11) is 0. The quantitative estimate of drug-likeness (QED) is 0.376. The van der Waals surface area contributed by atoms with Gasteiger partial charge in [-0.05, 0) is 48.5 Å². The molecule has 6 nitrogen and oxygen atoms in total. The first kappa shape index (κ1) is 15.8. The van der Waals surface area contributed by atoms with Crippen LogP contribution in [0.25, 0.3) is 22.8 Å². The van der Waals surface area contributed by atoms with Crippen LogP contribution in [0.15, 0.2) is 89.6 Å². The maximum Gasteiger partial charge on any atom is 0.266 e. The van der Waals surface area contributed by atoms with Gasteiger partial charge in [-0.2, -0.15) is 4.98 Å². The fourth-order valence-corrected chi connectivity index (χ4v) is 3.54. The second-order valence-electron chi connectivity index (χ2n) is 6.62. The summed E-state index contributed by atoms with van der Waals surface area (Å²) in [5.74, 6) is 2.15. The monoisotopic (exact) mass is 378 g/mol. The topological polar surface area (TPSA) is 64.3 Å². The number of ether oxygens (including phenoxy) is 1. The highest BCUT2D eigenvalue weighted by atomic mass is 16.5. The molecule has 6 rings (SSSR count). The molecule has 0 N–H and O–H groups in total. The Bertz CT molecular complexity index is 1270. The number of aromatic nitrogens is 3. The van der Waals surface area contributed by atoms with Gasteiger partial charge >= 0.3 is 0 Å². The zero-order chi connectivity index (χ0) is 19.2. The van der Waals surface area contributed by atoms with Crippen LogP contribution in [-0.2, 0) is 0 Å². The number of hydrogen-bond acceptors (Lipinski definition) is 6. The van der Waals surface area contributed by atoms with Crippen LogP contribution in [0.1, 0.15) is 0 Å². The molecule has 0 saturated carbocycles. The van der Waals surface area contributed by atoms with E-state index in [0.29, 0.717) is 17.3 Å². The Morgan fingerprint density at radius 1 is 0.690 bits per heavy atom. The average Bonchev–Trinajstić information content (AvgIpc) is 3.22. The molecule has 0 unspecified atom stereocenters. The molecule has 0 radical (unpaired) electrons. The predicted octanol–water partition coefficient (Wildman–Crippen LogP) is 5.86. The fraction of sp³-hybridized carbons (Fsp3) is 0. The van der Waals surface area contributed by atoms with Crippen molar-refractivity contribution in [3.63, 3.8) is 0 Å². The van der Waals surface area contributed by atoms with Gasteiger partial charge in [0, 0.05) is 23.6 Å². The molecule has 3 aromatic carbocycles. The first-order valence-corrected chi connectivity index (χ1v) is 9.21. The maximum atomic E-state index is 6.08. The van der Waals surface area contributed by atoms with Crippen molar-refractivity contribution in [2.24, 2.45) is 0 Å². The lowest BCUT2D eigenvalue weighted by atomic mass is 10.1. The van der Waals surface area contributed by atoms with Crippen molar-refractivity contribution < 1.29 is 9.15 Å². The minimum absolute atomic E-state index is 0.433. The Morgan fingerprint density at radius 2 is 1.34 bits per heavy atom. The first-order chi connectivity index (χ1) is 14.4. The van der Waals surface area contributed by atoms with Crippen molar-refractivity contribution >= 4 is 28.4 Å². The van der Waals surface area contributed by atoms with E-state index in [0.717, 1.165) is 34.1 Å². The van der Waals surface area contributed by atoms with Gasteiger partial charge in [0.15, 0.2) is 11.5 Å².